The van der Waals surface area contributed by atoms with Gasteiger partial charge in [-0.3, -0.25) is 0 Å². The first-order valence-corrected chi connectivity index (χ1v) is 7.55. The van der Waals surface area contributed by atoms with Gasteiger partial charge in [-0.2, -0.15) is 0 Å². The van der Waals surface area contributed by atoms with Crippen molar-refractivity contribution in [2.24, 2.45) is 5.41 Å². The van der Waals surface area contributed by atoms with Crippen LogP contribution in [0.3, 0.4) is 0 Å². The molecule has 1 aromatic rings. The van der Waals surface area contributed by atoms with Gasteiger partial charge in [0.05, 0.1) is 13.2 Å². The molecule has 1 rings (SSSR count). The van der Waals surface area contributed by atoms with E-state index in [-0.39, 0.29) is 5.41 Å². The van der Waals surface area contributed by atoms with E-state index in [1.807, 2.05) is 13.0 Å². The molecule has 0 unspecified atom stereocenters. The Morgan fingerprint density at radius 2 is 1.80 bits per heavy atom. The van der Waals surface area contributed by atoms with Crippen molar-refractivity contribution in [2.75, 3.05) is 19.8 Å². The van der Waals surface area contributed by atoms with Crippen LogP contribution in [0, 0.1) is 5.41 Å². The van der Waals surface area contributed by atoms with Gasteiger partial charge in [0.15, 0.2) is 11.5 Å². The van der Waals surface area contributed by atoms with Gasteiger partial charge in [0.1, 0.15) is 0 Å². The Bertz CT molecular complexity index is 396. The van der Waals surface area contributed by atoms with Gasteiger partial charge in [0, 0.05) is 6.54 Å². The number of hydrogen-bond donors (Lipinski definition) is 1. The third kappa shape index (κ3) is 6.29. The van der Waals surface area contributed by atoms with Crippen LogP contribution < -0.4 is 14.8 Å². The van der Waals surface area contributed by atoms with Crippen molar-refractivity contribution in [3.8, 4) is 11.5 Å². The van der Waals surface area contributed by atoms with Crippen molar-refractivity contribution >= 4 is 0 Å². The largest absolute Gasteiger partial charge is 0.490 e. The first-order valence-electron chi connectivity index (χ1n) is 7.55. The molecule has 0 amide bonds. The minimum absolute atomic E-state index is 0.288. The maximum absolute atomic E-state index is 5.88. The summed E-state index contributed by atoms with van der Waals surface area (Å²) in [6.07, 6.45) is 1.03. The molecular weight excluding hydrogens is 250 g/mol. The summed E-state index contributed by atoms with van der Waals surface area (Å²) in [5.41, 5.74) is 1.51. The van der Waals surface area contributed by atoms with E-state index in [2.05, 4.69) is 45.1 Å². The van der Waals surface area contributed by atoms with Gasteiger partial charge in [-0.05, 0) is 43.0 Å². The van der Waals surface area contributed by atoms with E-state index in [1.54, 1.807) is 0 Å². The molecule has 0 heterocycles. The molecule has 0 aromatic heterocycles. The lowest BCUT2D eigenvalue weighted by Gasteiger charge is -2.19. The summed E-state index contributed by atoms with van der Waals surface area (Å²) in [4.78, 5) is 0. The van der Waals surface area contributed by atoms with Crippen molar-refractivity contribution < 1.29 is 9.47 Å². The van der Waals surface area contributed by atoms with Crippen molar-refractivity contribution in [2.45, 2.75) is 47.6 Å². The van der Waals surface area contributed by atoms with Gasteiger partial charge in [0.2, 0.25) is 0 Å². The summed E-state index contributed by atoms with van der Waals surface area (Å²) >= 11 is 0. The average Bonchev–Trinajstić information content (AvgIpc) is 2.37. The standard InChI is InChI=1S/C17H29NO2/c1-6-18-13-14-8-9-15(16(12-14)19-7-2)20-11-10-17(3,4)5/h8-9,12,18H,6-7,10-11,13H2,1-5H3. The first-order chi connectivity index (χ1) is 9.46. The smallest absolute Gasteiger partial charge is 0.161 e. The second-order valence-corrected chi connectivity index (χ2v) is 6.15. The zero-order valence-electron chi connectivity index (χ0n) is 13.6. The molecule has 0 radical (unpaired) electrons. The Balaban J connectivity index is 2.68. The molecule has 0 saturated carbocycles. The Hall–Kier alpha value is -1.22. The molecule has 1 aromatic carbocycles. The Labute approximate surface area is 123 Å². The molecule has 0 bridgehead atoms. The van der Waals surface area contributed by atoms with Gasteiger partial charge in [-0.25, -0.2) is 0 Å². The first kappa shape index (κ1) is 16.8. The second kappa shape index (κ2) is 8.15. The lowest BCUT2D eigenvalue weighted by molar-refractivity contribution is 0.229. The monoisotopic (exact) mass is 279 g/mol. The number of rotatable bonds is 8. The van der Waals surface area contributed by atoms with E-state index >= 15 is 0 Å². The third-order valence-corrected chi connectivity index (χ3v) is 3.00. The van der Waals surface area contributed by atoms with Crippen LogP contribution in [0.4, 0.5) is 0 Å². The van der Waals surface area contributed by atoms with Gasteiger partial charge in [0.25, 0.3) is 0 Å². The zero-order valence-corrected chi connectivity index (χ0v) is 13.6. The van der Waals surface area contributed by atoms with Crippen molar-refractivity contribution in [1.29, 1.82) is 0 Å². The second-order valence-electron chi connectivity index (χ2n) is 6.15. The highest BCUT2D eigenvalue weighted by Crippen LogP contribution is 2.29. The molecule has 0 spiro atoms. The van der Waals surface area contributed by atoms with E-state index in [4.69, 9.17) is 9.47 Å². The normalized spacial score (nSPS) is 11.4. The van der Waals surface area contributed by atoms with E-state index in [1.165, 1.54) is 5.56 Å². The highest BCUT2D eigenvalue weighted by molar-refractivity contribution is 5.43. The zero-order chi connectivity index (χ0) is 15.0. The Morgan fingerprint density at radius 1 is 1.05 bits per heavy atom. The molecule has 1 N–H and O–H groups in total. The molecule has 0 aliphatic rings. The summed E-state index contributed by atoms with van der Waals surface area (Å²) in [7, 11) is 0. The van der Waals surface area contributed by atoms with Crippen LogP contribution in [0.25, 0.3) is 0 Å². The van der Waals surface area contributed by atoms with E-state index in [9.17, 15) is 0 Å². The quantitative estimate of drug-likeness (QED) is 0.780. The number of hydrogen-bond acceptors (Lipinski definition) is 3. The van der Waals surface area contributed by atoms with Crippen molar-refractivity contribution in [3.63, 3.8) is 0 Å². The minimum Gasteiger partial charge on any atom is -0.490 e. The minimum atomic E-state index is 0.288. The summed E-state index contributed by atoms with van der Waals surface area (Å²) in [5, 5.41) is 3.32. The summed E-state index contributed by atoms with van der Waals surface area (Å²) in [6.45, 7) is 14.0. The fourth-order valence-corrected chi connectivity index (χ4v) is 1.79. The fraction of sp³-hybridized carbons (Fsp3) is 0.647. The van der Waals surface area contributed by atoms with Gasteiger partial charge < -0.3 is 14.8 Å². The Morgan fingerprint density at radius 3 is 2.40 bits per heavy atom. The number of benzene rings is 1. The van der Waals surface area contributed by atoms with Crippen LogP contribution in [0.2, 0.25) is 0 Å². The molecular formula is C17H29NO2. The Kier molecular flexibility index (Phi) is 6.86. The molecule has 0 fully saturated rings. The molecule has 0 atom stereocenters. The summed E-state index contributed by atoms with van der Waals surface area (Å²) in [5.74, 6) is 1.69. The fourth-order valence-electron chi connectivity index (χ4n) is 1.79. The highest BCUT2D eigenvalue weighted by atomic mass is 16.5. The summed E-state index contributed by atoms with van der Waals surface area (Å²) in [6, 6.07) is 6.18. The van der Waals surface area contributed by atoms with Crippen LogP contribution in [-0.4, -0.2) is 19.8 Å². The van der Waals surface area contributed by atoms with Crippen LogP contribution >= 0.6 is 0 Å². The molecule has 3 heteroatoms. The lowest BCUT2D eigenvalue weighted by atomic mass is 9.93. The SMILES string of the molecule is CCNCc1ccc(OCCC(C)(C)C)c(OCC)c1. The van der Waals surface area contributed by atoms with Gasteiger partial charge in [-0.15, -0.1) is 0 Å². The van der Waals surface area contributed by atoms with E-state index < -0.39 is 0 Å². The van der Waals surface area contributed by atoms with Crippen LogP contribution in [0.1, 0.15) is 46.6 Å². The van der Waals surface area contributed by atoms with Gasteiger partial charge in [-0.1, -0.05) is 33.8 Å². The van der Waals surface area contributed by atoms with Crippen molar-refractivity contribution in [1.82, 2.24) is 5.32 Å². The van der Waals surface area contributed by atoms with Crippen LogP contribution in [0.15, 0.2) is 18.2 Å². The van der Waals surface area contributed by atoms with Crippen LogP contribution in [0.5, 0.6) is 11.5 Å². The predicted octanol–water partition coefficient (Wildman–Crippen LogP) is 4.01. The molecule has 0 aliphatic heterocycles. The number of nitrogens with one attached hydrogen (secondary N) is 1. The van der Waals surface area contributed by atoms with Gasteiger partial charge >= 0.3 is 0 Å². The molecule has 20 heavy (non-hydrogen) atoms. The number of ether oxygens (including phenoxy) is 2. The third-order valence-electron chi connectivity index (χ3n) is 3.00. The maximum Gasteiger partial charge on any atom is 0.161 e. The van der Waals surface area contributed by atoms with E-state index in [0.29, 0.717) is 6.61 Å². The van der Waals surface area contributed by atoms with Crippen molar-refractivity contribution in [3.05, 3.63) is 23.8 Å². The topological polar surface area (TPSA) is 30.5 Å². The predicted molar refractivity (Wildman–Crippen MR) is 84.6 cm³/mol. The maximum atomic E-state index is 5.88. The lowest BCUT2D eigenvalue weighted by Crippen LogP contribution is -2.13. The average molecular weight is 279 g/mol. The molecule has 0 saturated heterocycles. The highest BCUT2D eigenvalue weighted by Gasteiger charge is 2.12. The molecule has 114 valence electrons. The van der Waals surface area contributed by atoms with Crippen LogP contribution in [-0.2, 0) is 6.54 Å². The molecule has 0 aliphatic carbocycles. The van der Waals surface area contributed by atoms with E-state index in [0.717, 1.165) is 37.6 Å². The molecule has 3 nitrogen and oxygen atoms in total. The summed E-state index contributed by atoms with van der Waals surface area (Å²) < 4.78 is 11.6.